The van der Waals surface area contributed by atoms with Crippen LogP contribution in [0, 0.1) is 6.92 Å². The summed E-state index contributed by atoms with van der Waals surface area (Å²) in [5, 5.41) is 5.72. The lowest BCUT2D eigenvalue weighted by Crippen LogP contribution is -2.38. The van der Waals surface area contributed by atoms with Crippen molar-refractivity contribution in [3.8, 4) is 0 Å². The third kappa shape index (κ3) is 1.57. The summed E-state index contributed by atoms with van der Waals surface area (Å²) in [6.07, 6.45) is 5.77. The Labute approximate surface area is 99.5 Å². The van der Waals surface area contributed by atoms with Crippen LogP contribution in [0.3, 0.4) is 0 Å². The highest BCUT2D eigenvalue weighted by atomic mass is 32.1. The Kier molecular flexibility index (Phi) is 2.30. The lowest BCUT2D eigenvalue weighted by molar-refractivity contribution is 0.407. The fourth-order valence-electron chi connectivity index (χ4n) is 2.63. The van der Waals surface area contributed by atoms with Crippen molar-refractivity contribution in [2.45, 2.75) is 38.6 Å². The van der Waals surface area contributed by atoms with Gasteiger partial charge in [-0.15, -0.1) is 11.3 Å². The molecule has 3 heterocycles. The number of imidazole rings is 1. The van der Waals surface area contributed by atoms with Gasteiger partial charge in [0.25, 0.3) is 0 Å². The zero-order valence-corrected chi connectivity index (χ0v) is 10.6. The van der Waals surface area contributed by atoms with Gasteiger partial charge in [0.15, 0.2) is 4.96 Å². The van der Waals surface area contributed by atoms with Gasteiger partial charge in [-0.2, -0.15) is 0 Å². The van der Waals surface area contributed by atoms with Crippen LogP contribution in [0.15, 0.2) is 11.6 Å². The molecule has 86 valence electrons. The summed E-state index contributed by atoms with van der Waals surface area (Å²) in [5.74, 6) is 0. The van der Waals surface area contributed by atoms with Gasteiger partial charge in [-0.3, -0.25) is 4.40 Å². The van der Waals surface area contributed by atoms with E-state index in [9.17, 15) is 0 Å². The van der Waals surface area contributed by atoms with E-state index in [0.29, 0.717) is 0 Å². The summed E-state index contributed by atoms with van der Waals surface area (Å²) in [7, 11) is 0. The molecule has 1 aliphatic heterocycles. The van der Waals surface area contributed by atoms with Crippen molar-refractivity contribution in [2.24, 2.45) is 0 Å². The van der Waals surface area contributed by atoms with E-state index >= 15 is 0 Å². The van der Waals surface area contributed by atoms with Crippen molar-refractivity contribution in [2.75, 3.05) is 6.54 Å². The molecule has 3 nitrogen and oxygen atoms in total. The van der Waals surface area contributed by atoms with Crippen molar-refractivity contribution >= 4 is 16.3 Å². The van der Waals surface area contributed by atoms with E-state index in [4.69, 9.17) is 0 Å². The normalized spacial score (nSPS) is 25.6. The number of aryl methyl sites for hydroxylation is 1. The quantitative estimate of drug-likeness (QED) is 0.866. The number of nitrogens with one attached hydrogen (secondary N) is 1. The molecule has 2 aromatic rings. The molecule has 0 aliphatic carbocycles. The molecule has 4 heteroatoms. The number of rotatable bonds is 2. The molecule has 1 fully saturated rings. The highest BCUT2D eigenvalue weighted by Gasteiger charge is 2.30. The molecular weight excluding hydrogens is 218 g/mol. The average Bonchev–Trinajstić information content (AvgIpc) is 2.88. The maximum Gasteiger partial charge on any atom is 0.194 e. The van der Waals surface area contributed by atoms with Crippen LogP contribution < -0.4 is 5.32 Å². The van der Waals surface area contributed by atoms with Crippen LogP contribution in [-0.4, -0.2) is 21.5 Å². The van der Waals surface area contributed by atoms with E-state index in [2.05, 4.69) is 40.1 Å². The van der Waals surface area contributed by atoms with E-state index < -0.39 is 0 Å². The van der Waals surface area contributed by atoms with Crippen LogP contribution in [0.25, 0.3) is 4.96 Å². The molecule has 0 bridgehead atoms. The van der Waals surface area contributed by atoms with Gasteiger partial charge in [-0.1, -0.05) is 0 Å². The van der Waals surface area contributed by atoms with Crippen LogP contribution in [0.2, 0.25) is 0 Å². The third-order valence-corrected chi connectivity index (χ3v) is 4.33. The standard InChI is InChI=1S/C12H17N3S/c1-9-10(8-12(2)4-3-5-13-12)15-6-7-16-11(15)14-9/h6-7,13H,3-5,8H2,1-2H3. The first-order valence-corrected chi connectivity index (χ1v) is 6.72. The van der Waals surface area contributed by atoms with Gasteiger partial charge in [0.05, 0.1) is 5.69 Å². The Balaban J connectivity index is 1.98. The molecule has 1 N–H and O–H groups in total. The summed E-state index contributed by atoms with van der Waals surface area (Å²) < 4.78 is 2.24. The molecule has 16 heavy (non-hydrogen) atoms. The Morgan fingerprint density at radius 2 is 2.50 bits per heavy atom. The lowest BCUT2D eigenvalue weighted by Gasteiger charge is -2.24. The SMILES string of the molecule is Cc1nc2sccn2c1CC1(C)CCCN1. The highest BCUT2D eigenvalue weighted by Crippen LogP contribution is 2.26. The Morgan fingerprint density at radius 3 is 3.25 bits per heavy atom. The van der Waals surface area contributed by atoms with Crippen molar-refractivity contribution in [3.63, 3.8) is 0 Å². The Morgan fingerprint density at radius 1 is 1.62 bits per heavy atom. The van der Waals surface area contributed by atoms with Crippen molar-refractivity contribution in [1.29, 1.82) is 0 Å². The van der Waals surface area contributed by atoms with E-state index in [1.54, 1.807) is 11.3 Å². The minimum atomic E-state index is 0.267. The molecule has 0 amide bonds. The second kappa shape index (κ2) is 3.57. The Hall–Kier alpha value is -0.870. The number of nitrogens with zero attached hydrogens (tertiary/aromatic N) is 2. The highest BCUT2D eigenvalue weighted by molar-refractivity contribution is 7.15. The van der Waals surface area contributed by atoms with Crippen LogP contribution in [-0.2, 0) is 6.42 Å². The van der Waals surface area contributed by atoms with Crippen molar-refractivity contribution in [3.05, 3.63) is 23.0 Å². The summed E-state index contributed by atoms with van der Waals surface area (Å²) in [5.41, 5.74) is 2.82. The first-order chi connectivity index (χ1) is 7.68. The van der Waals surface area contributed by atoms with Gasteiger partial charge in [0.1, 0.15) is 0 Å². The van der Waals surface area contributed by atoms with Crippen molar-refractivity contribution < 1.29 is 0 Å². The molecule has 3 rings (SSSR count). The molecule has 1 atom stereocenters. The average molecular weight is 235 g/mol. The smallest absolute Gasteiger partial charge is 0.194 e. The summed E-state index contributed by atoms with van der Waals surface area (Å²) >= 11 is 1.71. The number of fused-ring (bicyclic) bond motifs is 1. The number of thiazole rings is 1. The topological polar surface area (TPSA) is 29.3 Å². The predicted octanol–water partition coefficient (Wildman–Crippen LogP) is 2.39. The molecule has 0 spiro atoms. The summed E-state index contributed by atoms with van der Waals surface area (Å²) in [6.45, 7) is 5.60. The van der Waals surface area contributed by atoms with E-state index in [1.165, 1.54) is 24.2 Å². The van der Waals surface area contributed by atoms with E-state index in [-0.39, 0.29) is 5.54 Å². The third-order valence-electron chi connectivity index (χ3n) is 3.58. The molecule has 2 aromatic heterocycles. The predicted molar refractivity (Wildman–Crippen MR) is 67.2 cm³/mol. The fraction of sp³-hybridized carbons (Fsp3) is 0.583. The maximum atomic E-state index is 4.60. The molecule has 1 unspecified atom stereocenters. The zero-order chi connectivity index (χ0) is 11.2. The van der Waals surface area contributed by atoms with Gasteiger partial charge in [0.2, 0.25) is 0 Å². The lowest BCUT2D eigenvalue weighted by atomic mass is 9.93. The maximum absolute atomic E-state index is 4.60. The summed E-state index contributed by atoms with van der Waals surface area (Å²) in [4.78, 5) is 5.72. The van der Waals surface area contributed by atoms with Gasteiger partial charge >= 0.3 is 0 Å². The fourth-order valence-corrected chi connectivity index (χ4v) is 3.41. The number of aromatic nitrogens is 2. The monoisotopic (exact) mass is 235 g/mol. The minimum absolute atomic E-state index is 0.267. The first-order valence-electron chi connectivity index (χ1n) is 5.84. The van der Waals surface area contributed by atoms with Gasteiger partial charge in [0, 0.05) is 29.2 Å². The minimum Gasteiger partial charge on any atom is -0.311 e. The number of hydrogen-bond acceptors (Lipinski definition) is 3. The second-order valence-electron chi connectivity index (χ2n) is 4.97. The first kappa shape index (κ1) is 10.3. The van der Waals surface area contributed by atoms with Crippen LogP contribution in [0.5, 0.6) is 0 Å². The van der Waals surface area contributed by atoms with E-state index in [0.717, 1.165) is 17.9 Å². The van der Waals surface area contributed by atoms with Crippen LogP contribution in [0.4, 0.5) is 0 Å². The number of hydrogen-bond donors (Lipinski definition) is 1. The van der Waals surface area contributed by atoms with Gasteiger partial charge in [-0.05, 0) is 33.2 Å². The molecule has 1 aliphatic rings. The molecular formula is C12H17N3S. The summed E-state index contributed by atoms with van der Waals surface area (Å²) in [6, 6.07) is 0. The van der Waals surface area contributed by atoms with Gasteiger partial charge < -0.3 is 5.32 Å². The Bertz CT molecular complexity index is 505. The molecule has 0 aromatic carbocycles. The largest absolute Gasteiger partial charge is 0.311 e. The molecule has 1 saturated heterocycles. The van der Waals surface area contributed by atoms with Crippen LogP contribution in [0.1, 0.15) is 31.2 Å². The van der Waals surface area contributed by atoms with Crippen molar-refractivity contribution in [1.82, 2.24) is 14.7 Å². The molecule has 0 radical (unpaired) electrons. The van der Waals surface area contributed by atoms with E-state index in [1.807, 2.05) is 0 Å². The zero-order valence-electron chi connectivity index (χ0n) is 9.79. The second-order valence-corrected chi connectivity index (χ2v) is 5.84. The van der Waals surface area contributed by atoms with Crippen LogP contribution >= 0.6 is 11.3 Å². The molecule has 0 saturated carbocycles. The van der Waals surface area contributed by atoms with Gasteiger partial charge in [-0.25, -0.2) is 4.98 Å².